The molecule has 5 nitrogen and oxygen atoms in total. The molecule has 230 valence electrons. The van der Waals surface area contributed by atoms with Crippen molar-refractivity contribution < 1.29 is 9.53 Å². The molecule has 0 fully saturated rings. The fourth-order valence-corrected chi connectivity index (χ4v) is 6.46. The molecule has 0 aliphatic heterocycles. The second-order valence-corrected chi connectivity index (χ2v) is 11.7. The van der Waals surface area contributed by atoms with E-state index >= 15 is 0 Å². The zero-order chi connectivity index (χ0) is 30.9. The lowest BCUT2D eigenvalue weighted by molar-refractivity contribution is -0.138. The summed E-state index contributed by atoms with van der Waals surface area (Å²) in [5, 5.41) is 3.54. The fourth-order valence-electron chi connectivity index (χ4n) is 6.46. The van der Waals surface area contributed by atoms with Crippen molar-refractivity contribution in [3.8, 4) is 0 Å². The van der Waals surface area contributed by atoms with Gasteiger partial charge in [-0.15, -0.1) is 0 Å². The highest BCUT2D eigenvalue weighted by atomic mass is 16.5. The molecular formula is C38H51N3O2. The molecule has 0 radical (unpaired) electrons. The van der Waals surface area contributed by atoms with Crippen molar-refractivity contribution in [3.63, 3.8) is 0 Å². The van der Waals surface area contributed by atoms with Crippen LogP contribution in [-0.4, -0.2) is 50.2 Å². The highest BCUT2D eigenvalue weighted by Crippen LogP contribution is 2.43. The molecule has 2 aliphatic rings. The van der Waals surface area contributed by atoms with Crippen molar-refractivity contribution >= 4 is 23.4 Å². The molecule has 0 bridgehead atoms. The molecule has 5 heteroatoms. The summed E-state index contributed by atoms with van der Waals surface area (Å²) in [4.78, 5) is 16.7. The number of anilines is 2. The monoisotopic (exact) mass is 581 g/mol. The Labute approximate surface area is 260 Å². The predicted octanol–water partition coefficient (Wildman–Crippen LogP) is 8.35. The van der Waals surface area contributed by atoms with Crippen LogP contribution in [0, 0.1) is 5.92 Å². The molecule has 0 amide bonds. The fraction of sp³-hybridized carbons (Fsp3) is 0.447. The van der Waals surface area contributed by atoms with Gasteiger partial charge in [-0.3, -0.25) is 0 Å². The Morgan fingerprint density at radius 1 is 0.977 bits per heavy atom. The second kappa shape index (κ2) is 15.1. The summed E-state index contributed by atoms with van der Waals surface area (Å²) in [7, 11) is 0. The second-order valence-electron chi connectivity index (χ2n) is 11.7. The number of nitrogens with one attached hydrogen (secondary N) is 1. The van der Waals surface area contributed by atoms with Crippen molar-refractivity contribution in [3.05, 3.63) is 100 Å². The lowest BCUT2D eigenvalue weighted by Crippen LogP contribution is -2.24. The number of hydrogen-bond donors (Lipinski definition) is 1. The Morgan fingerprint density at radius 2 is 1.67 bits per heavy atom. The van der Waals surface area contributed by atoms with Crippen LogP contribution in [0.25, 0.3) is 6.08 Å². The molecule has 2 aromatic carbocycles. The SMILES string of the molecule is C=C(C)C(=O)OCCNc1ccc(C(C2=CC=C(N(CC)CC)CC2)c2ccc(N(CC)CC)cc2)c2c1C=CC(C)C2. The number of hydrogen-bond acceptors (Lipinski definition) is 5. The maximum atomic E-state index is 11.8. The summed E-state index contributed by atoms with van der Waals surface area (Å²) in [6.07, 6.45) is 12.5. The third-order valence-corrected chi connectivity index (χ3v) is 8.88. The quantitative estimate of drug-likeness (QED) is 0.138. The van der Waals surface area contributed by atoms with Gasteiger partial charge in [-0.05, 0) is 101 Å². The Morgan fingerprint density at radius 3 is 2.28 bits per heavy atom. The molecule has 2 atom stereocenters. The van der Waals surface area contributed by atoms with Gasteiger partial charge in [0.25, 0.3) is 0 Å². The van der Waals surface area contributed by atoms with E-state index < -0.39 is 0 Å². The van der Waals surface area contributed by atoms with Crippen LogP contribution in [-0.2, 0) is 16.0 Å². The Hall–Kier alpha value is -3.73. The average molecular weight is 582 g/mol. The number of rotatable bonds is 14. The van der Waals surface area contributed by atoms with Crippen molar-refractivity contribution in [2.75, 3.05) is 49.5 Å². The van der Waals surface area contributed by atoms with Gasteiger partial charge in [0.2, 0.25) is 0 Å². The van der Waals surface area contributed by atoms with Gasteiger partial charge >= 0.3 is 5.97 Å². The maximum Gasteiger partial charge on any atom is 0.333 e. The Balaban J connectivity index is 1.74. The smallest absolute Gasteiger partial charge is 0.333 e. The van der Waals surface area contributed by atoms with E-state index in [-0.39, 0.29) is 11.9 Å². The van der Waals surface area contributed by atoms with Crippen LogP contribution in [0.2, 0.25) is 0 Å². The molecular weight excluding hydrogens is 530 g/mol. The minimum Gasteiger partial charge on any atom is -0.460 e. The molecule has 2 unspecified atom stereocenters. The van der Waals surface area contributed by atoms with Crippen molar-refractivity contribution in [2.45, 2.75) is 66.7 Å². The largest absolute Gasteiger partial charge is 0.460 e. The van der Waals surface area contributed by atoms with Crippen molar-refractivity contribution in [1.29, 1.82) is 0 Å². The van der Waals surface area contributed by atoms with Gasteiger partial charge < -0.3 is 19.9 Å². The van der Waals surface area contributed by atoms with E-state index in [1.807, 2.05) is 0 Å². The zero-order valence-electron chi connectivity index (χ0n) is 27.2. The van der Waals surface area contributed by atoms with Crippen LogP contribution in [0.5, 0.6) is 0 Å². The van der Waals surface area contributed by atoms with Gasteiger partial charge in [-0.1, -0.05) is 55.5 Å². The third kappa shape index (κ3) is 7.62. The number of fused-ring (bicyclic) bond motifs is 1. The van der Waals surface area contributed by atoms with E-state index in [2.05, 4.69) is 117 Å². The highest BCUT2D eigenvalue weighted by Gasteiger charge is 2.27. The van der Waals surface area contributed by atoms with Gasteiger partial charge in [-0.2, -0.15) is 0 Å². The number of benzene rings is 2. The van der Waals surface area contributed by atoms with E-state index in [4.69, 9.17) is 4.74 Å². The minimum absolute atomic E-state index is 0.193. The molecule has 0 aromatic heterocycles. The highest BCUT2D eigenvalue weighted by molar-refractivity contribution is 5.87. The van der Waals surface area contributed by atoms with Crippen LogP contribution in [0.4, 0.5) is 11.4 Å². The number of carbonyl (C=O) groups is 1. The molecule has 0 saturated carbocycles. The zero-order valence-corrected chi connectivity index (χ0v) is 27.2. The summed E-state index contributed by atoms with van der Waals surface area (Å²) >= 11 is 0. The molecule has 0 heterocycles. The molecule has 0 spiro atoms. The third-order valence-electron chi connectivity index (χ3n) is 8.88. The van der Waals surface area contributed by atoms with Crippen LogP contribution >= 0.6 is 0 Å². The summed E-state index contributed by atoms with van der Waals surface area (Å²) in [6.45, 7) is 21.5. The molecule has 0 saturated heterocycles. The normalized spacial score (nSPS) is 16.5. The van der Waals surface area contributed by atoms with Gasteiger partial charge in [-0.25, -0.2) is 4.79 Å². The van der Waals surface area contributed by atoms with Gasteiger partial charge in [0, 0.05) is 66.9 Å². The lowest BCUT2D eigenvalue weighted by Gasteiger charge is -2.32. The Bertz CT molecular complexity index is 1360. The number of allylic oxidation sites excluding steroid dienone is 5. The number of esters is 1. The summed E-state index contributed by atoms with van der Waals surface area (Å²) in [5.74, 6) is 0.318. The molecule has 43 heavy (non-hydrogen) atoms. The first-order valence-electron chi connectivity index (χ1n) is 16.2. The average Bonchev–Trinajstić information content (AvgIpc) is 3.02. The van der Waals surface area contributed by atoms with E-state index in [1.54, 1.807) is 6.92 Å². The number of ether oxygens (including phenoxy) is 1. The van der Waals surface area contributed by atoms with E-state index in [0.29, 0.717) is 24.6 Å². The van der Waals surface area contributed by atoms with Crippen molar-refractivity contribution in [1.82, 2.24) is 4.90 Å². The topological polar surface area (TPSA) is 44.8 Å². The van der Waals surface area contributed by atoms with Crippen LogP contribution in [0.1, 0.15) is 82.6 Å². The predicted molar refractivity (Wildman–Crippen MR) is 183 cm³/mol. The molecule has 4 rings (SSSR count). The molecule has 1 N–H and O–H groups in total. The summed E-state index contributed by atoms with van der Waals surface area (Å²) in [6, 6.07) is 13.8. The first-order chi connectivity index (χ1) is 20.8. The first-order valence-corrected chi connectivity index (χ1v) is 16.2. The van der Waals surface area contributed by atoms with Gasteiger partial charge in [0.1, 0.15) is 6.61 Å². The molecule has 2 aromatic rings. The minimum atomic E-state index is -0.346. The lowest BCUT2D eigenvalue weighted by atomic mass is 9.75. The molecule has 2 aliphatic carbocycles. The summed E-state index contributed by atoms with van der Waals surface area (Å²) in [5.41, 5.74) is 11.1. The standard InChI is InChI=1S/C38H51N3O2/c1-8-40(9-2)31-17-13-29(14-18-31)37(30-15-19-32(20-16-30)41(10-3)11-4)34-22-23-36(33-21-12-28(7)26-35(33)34)39-24-25-43-38(42)27(5)6/h12-15,17-19,21-23,28,37,39H,5,8-11,16,20,24-26H2,1-4,6-7H3. The van der Waals surface area contributed by atoms with Crippen molar-refractivity contribution in [2.24, 2.45) is 5.92 Å². The number of nitrogens with zero attached hydrogens (tertiary/aromatic N) is 2. The Kier molecular flexibility index (Phi) is 11.3. The number of carbonyl (C=O) groups excluding carboxylic acids is 1. The van der Waals surface area contributed by atoms with E-state index in [0.717, 1.165) is 51.1 Å². The van der Waals surface area contributed by atoms with Crippen LogP contribution in [0.15, 0.2) is 78.0 Å². The van der Waals surface area contributed by atoms with Crippen LogP contribution < -0.4 is 10.2 Å². The maximum absolute atomic E-state index is 11.8. The van der Waals surface area contributed by atoms with Gasteiger partial charge in [0.05, 0.1) is 0 Å². The first kappa shape index (κ1) is 32.2. The summed E-state index contributed by atoms with van der Waals surface area (Å²) < 4.78 is 5.33. The van der Waals surface area contributed by atoms with Gasteiger partial charge in [0.15, 0.2) is 0 Å². The van der Waals surface area contributed by atoms with E-state index in [1.165, 1.54) is 39.2 Å². The van der Waals surface area contributed by atoms with Crippen LogP contribution in [0.3, 0.4) is 0 Å². The van der Waals surface area contributed by atoms with E-state index in [9.17, 15) is 4.79 Å².